The number of nitrogens with zero attached hydrogens (tertiary/aromatic N) is 3. The van der Waals surface area contributed by atoms with Gasteiger partial charge in [0.25, 0.3) is 0 Å². The largest absolute Gasteiger partial charge is 0.496 e. The van der Waals surface area contributed by atoms with E-state index in [2.05, 4.69) is 16.8 Å². The second-order valence-corrected chi connectivity index (χ2v) is 6.09. The van der Waals surface area contributed by atoms with Crippen molar-refractivity contribution in [3.63, 3.8) is 0 Å². The third-order valence-corrected chi connectivity index (χ3v) is 4.57. The lowest BCUT2D eigenvalue weighted by molar-refractivity contribution is 0.236. The second-order valence-electron chi connectivity index (χ2n) is 6.09. The van der Waals surface area contributed by atoms with Crippen LogP contribution in [0.2, 0.25) is 0 Å². The monoisotopic (exact) mass is 343 g/mol. The minimum Gasteiger partial charge on any atom is -0.496 e. The molecule has 0 aliphatic carbocycles. The van der Waals surface area contributed by atoms with E-state index in [0.29, 0.717) is 11.5 Å². The van der Waals surface area contributed by atoms with Crippen molar-refractivity contribution in [1.29, 1.82) is 0 Å². The van der Waals surface area contributed by atoms with Gasteiger partial charge in [-0.1, -0.05) is 6.92 Å². The smallest absolute Gasteiger partial charge is 0.164 e. The number of aromatic nitrogens is 2. The fourth-order valence-electron chi connectivity index (χ4n) is 3.16. The van der Waals surface area contributed by atoms with Crippen LogP contribution in [0.25, 0.3) is 0 Å². The zero-order valence-corrected chi connectivity index (χ0v) is 15.3. The molecule has 0 radical (unpaired) electrons. The van der Waals surface area contributed by atoms with Crippen LogP contribution in [0.4, 0.5) is 0 Å². The van der Waals surface area contributed by atoms with E-state index in [0.717, 1.165) is 55.3 Å². The summed E-state index contributed by atoms with van der Waals surface area (Å²) in [5, 5.41) is 0. The summed E-state index contributed by atoms with van der Waals surface area (Å²) < 4.78 is 16.3. The van der Waals surface area contributed by atoms with Crippen molar-refractivity contribution in [3.8, 4) is 17.2 Å². The molecule has 0 saturated carbocycles. The Labute approximate surface area is 148 Å². The van der Waals surface area contributed by atoms with Gasteiger partial charge < -0.3 is 14.2 Å². The van der Waals surface area contributed by atoms with Crippen molar-refractivity contribution in [2.24, 2.45) is 0 Å². The maximum absolute atomic E-state index is 5.55. The number of ether oxygens (including phenoxy) is 3. The highest BCUT2D eigenvalue weighted by Gasteiger charge is 2.21. The first-order valence-corrected chi connectivity index (χ1v) is 8.53. The van der Waals surface area contributed by atoms with E-state index in [1.54, 1.807) is 21.3 Å². The van der Waals surface area contributed by atoms with Crippen LogP contribution in [0.1, 0.15) is 29.6 Å². The van der Waals surface area contributed by atoms with Crippen LogP contribution in [-0.4, -0.2) is 42.7 Å². The lowest BCUT2D eigenvalue weighted by Crippen LogP contribution is -2.31. The molecule has 6 heteroatoms. The van der Waals surface area contributed by atoms with Crippen LogP contribution >= 0.6 is 0 Å². The van der Waals surface area contributed by atoms with E-state index < -0.39 is 0 Å². The zero-order chi connectivity index (χ0) is 17.8. The van der Waals surface area contributed by atoms with Crippen LogP contribution in [0.15, 0.2) is 18.3 Å². The Kier molecular flexibility index (Phi) is 5.38. The van der Waals surface area contributed by atoms with Crippen LogP contribution in [0.3, 0.4) is 0 Å². The molecule has 0 N–H and O–H groups in total. The Bertz CT molecular complexity index is 749. The molecule has 1 aromatic carbocycles. The Morgan fingerprint density at radius 2 is 1.76 bits per heavy atom. The van der Waals surface area contributed by atoms with Gasteiger partial charge in [0.15, 0.2) is 11.5 Å². The lowest BCUT2D eigenvalue weighted by atomic mass is 10.1. The molecule has 2 heterocycles. The van der Waals surface area contributed by atoms with Gasteiger partial charge in [0.1, 0.15) is 11.6 Å². The summed E-state index contributed by atoms with van der Waals surface area (Å²) in [6, 6.07) is 3.87. The highest BCUT2D eigenvalue weighted by molar-refractivity contribution is 5.50. The predicted octanol–water partition coefficient (Wildman–Crippen LogP) is 2.62. The molecule has 1 aliphatic rings. The summed E-state index contributed by atoms with van der Waals surface area (Å²) >= 11 is 0. The maximum atomic E-state index is 5.55. The molecule has 0 saturated heterocycles. The van der Waals surface area contributed by atoms with Crippen LogP contribution < -0.4 is 14.2 Å². The zero-order valence-electron chi connectivity index (χ0n) is 15.3. The van der Waals surface area contributed by atoms with Gasteiger partial charge in [-0.05, 0) is 18.1 Å². The molecule has 6 nitrogen and oxygen atoms in total. The highest BCUT2D eigenvalue weighted by Crippen LogP contribution is 2.35. The molecule has 0 atom stereocenters. The Hall–Kier alpha value is -2.34. The van der Waals surface area contributed by atoms with E-state index in [9.17, 15) is 0 Å². The molecule has 134 valence electrons. The van der Waals surface area contributed by atoms with E-state index in [4.69, 9.17) is 19.2 Å². The van der Waals surface area contributed by atoms with Crippen molar-refractivity contribution in [3.05, 3.63) is 41.0 Å². The molecule has 3 rings (SSSR count). The molecule has 0 spiro atoms. The average molecular weight is 343 g/mol. The molecule has 0 fully saturated rings. The number of benzene rings is 1. The van der Waals surface area contributed by atoms with Gasteiger partial charge in [0.2, 0.25) is 0 Å². The molecule has 2 aromatic rings. The number of fused-ring (bicyclic) bond motifs is 1. The van der Waals surface area contributed by atoms with Gasteiger partial charge in [-0.25, -0.2) is 9.97 Å². The van der Waals surface area contributed by atoms with Gasteiger partial charge in [-0.15, -0.1) is 0 Å². The summed E-state index contributed by atoms with van der Waals surface area (Å²) in [6.07, 6.45) is 3.81. The van der Waals surface area contributed by atoms with E-state index in [1.165, 1.54) is 5.56 Å². The molecule has 0 amide bonds. The summed E-state index contributed by atoms with van der Waals surface area (Å²) in [7, 11) is 4.95. The topological polar surface area (TPSA) is 56.7 Å². The standard InChI is InChI=1S/C19H25N3O3/c1-5-19-20-10-13-6-7-22(12-15(13)21-19)11-14-8-17(24-3)18(25-4)9-16(14)23-2/h8-10H,5-7,11-12H2,1-4H3. The maximum Gasteiger partial charge on any atom is 0.164 e. The molecule has 1 aromatic heterocycles. The lowest BCUT2D eigenvalue weighted by Gasteiger charge is -2.28. The summed E-state index contributed by atoms with van der Waals surface area (Å²) in [6.45, 7) is 4.65. The van der Waals surface area contributed by atoms with Gasteiger partial charge in [0.05, 0.1) is 27.0 Å². The number of hydrogen-bond acceptors (Lipinski definition) is 6. The van der Waals surface area contributed by atoms with Crippen molar-refractivity contribution in [2.45, 2.75) is 32.9 Å². The molecule has 1 aliphatic heterocycles. The van der Waals surface area contributed by atoms with Crippen molar-refractivity contribution >= 4 is 0 Å². The molecule has 0 bridgehead atoms. The van der Waals surface area contributed by atoms with Crippen molar-refractivity contribution in [1.82, 2.24) is 14.9 Å². The molecular formula is C19H25N3O3. The fraction of sp³-hybridized carbons (Fsp3) is 0.474. The van der Waals surface area contributed by atoms with Gasteiger partial charge in [0, 0.05) is 43.9 Å². The first-order chi connectivity index (χ1) is 12.2. The van der Waals surface area contributed by atoms with E-state index >= 15 is 0 Å². The van der Waals surface area contributed by atoms with Gasteiger partial charge in [-0.2, -0.15) is 0 Å². The SMILES string of the molecule is CCc1ncc2c(n1)CN(Cc1cc(OC)c(OC)cc1OC)CC2. The van der Waals surface area contributed by atoms with Gasteiger partial charge >= 0.3 is 0 Å². The quantitative estimate of drug-likeness (QED) is 0.804. The minimum absolute atomic E-state index is 0.674. The first-order valence-electron chi connectivity index (χ1n) is 8.53. The first kappa shape index (κ1) is 17.5. The van der Waals surface area contributed by atoms with E-state index in [1.807, 2.05) is 18.3 Å². The average Bonchev–Trinajstić information content (AvgIpc) is 2.66. The predicted molar refractivity (Wildman–Crippen MR) is 95.3 cm³/mol. The van der Waals surface area contributed by atoms with Crippen molar-refractivity contribution in [2.75, 3.05) is 27.9 Å². The van der Waals surface area contributed by atoms with Crippen LogP contribution in [0, 0.1) is 0 Å². The van der Waals surface area contributed by atoms with Crippen LogP contribution in [0.5, 0.6) is 17.2 Å². The summed E-state index contributed by atoms with van der Waals surface area (Å²) in [5.41, 5.74) is 3.47. The van der Waals surface area contributed by atoms with Crippen LogP contribution in [-0.2, 0) is 25.9 Å². The molecule has 25 heavy (non-hydrogen) atoms. The number of methoxy groups -OCH3 is 3. The minimum atomic E-state index is 0.674. The normalized spacial score (nSPS) is 14.1. The van der Waals surface area contributed by atoms with Crippen molar-refractivity contribution < 1.29 is 14.2 Å². The Balaban J connectivity index is 1.82. The number of aryl methyl sites for hydroxylation is 1. The van der Waals surface area contributed by atoms with E-state index in [-0.39, 0.29) is 0 Å². The highest BCUT2D eigenvalue weighted by atomic mass is 16.5. The molecule has 0 unspecified atom stereocenters. The Morgan fingerprint density at radius 1 is 1.04 bits per heavy atom. The summed E-state index contributed by atoms with van der Waals surface area (Å²) in [5.74, 6) is 3.10. The Morgan fingerprint density at radius 3 is 2.44 bits per heavy atom. The third-order valence-electron chi connectivity index (χ3n) is 4.57. The third kappa shape index (κ3) is 3.69. The second kappa shape index (κ2) is 7.70. The number of hydrogen-bond donors (Lipinski definition) is 0. The fourth-order valence-corrected chi connectivity index (χ4v) is 3.16. The number of rotatable bonds is 6. The molecular weight excluding hydrogens is 318 g/mol. The summed E-state index contributed by atoms with van der Waals surface area (Å²) in [4.78, 5) is 11.5. The van der Waals surface area contributed by atoms with Gasteiger partial charge in [-0.3, -0.25) is 4.90 Å².